The van der Waals surface area contributed by atoms with E-state index < -0.39 is 10.0 Å². The Labute approximate surface area is 206 Å². The van der Waals surface area contributed by atoms with Gasteiger partial charge in [-0.25, -0.2) is 18.4 Å². The summed E-state index contributed by atoms with van der Waals surface area (Å²) in [6, 6.07) is 12.3. The third-order valence-corrected chi connectivity index (χ3v) is 7.56. The molecule has 1 aromatic heterocycles. The van der Waals surface area contributed by atoms with Crippen molar-refractivity contribution in [2.75, 3.05) is 50.2 Å². The molecule has 3 rings (SSSR count). The Morgan fingerprint density at radius 3 is 2.23 bits per heavy atom. The number of methoxy groups -OCH3 is 2. The SMILES string of the molecule is CCN(CC)S(=O)(=O)c1ccc(Nc2ncnc(NCCc3ccc(OC)c(OC)c3)c2N)cc1. The van der Waals surface area contributed by atoms with Crippen molar-refractivity contribution in [3.8, 4) is 11.5 Å². The molecule has 0 saturated heterocycles. The van der Waals surface area contributed by atoms with Crippen LogP contribution in [-0.4, -0.2) is 56.5 Å². The van der Waals surface area contributed by atoms with Crippen LogP contribution in [0.25, 0.3) is 0 Å². The van der Waals surface area contributed by atoms with E-state index in [-0.39, 0.29) is 4.90 Å². The molecule has 3 aromatic rings. The molecule has 0 amide bonds. The van der Waals surface area contributed by atoms with Gasteiger partial charge in [0.05, 0.1) is 19.1 Å². The molecule has 1 heterocycles. The largest absolute Gasteiger partial charge is 0.493 e. The summed E-state index contributed by atoms with van der Waals surface area (Å²) in [5, 5.41) is 6.36. The number of hydrogen-bond acceptors (Lipinski definition) is 9. The zero-order valence-electron chi connectivity index (χ0n) is 20.4. The van der Waals surface area contributed by atoms with Gasteiger partial charge in [-0.05, 0) is 48.4 Å². The van der Waals surface area contributed by atoms with Crippen LogP contribution in [0.2, 0.25) is 0 Å². The van der Waals surface area contributed by atoms with Crippen molar-refractivity contribution in [1.82, 2.24) is 14.3 Å². The third kappa shape index (κ3) is 6.11. The fourth-order valence-corrected chi connectivity index (χ4v) is 5.01. The van der Waals surface area contributed by atoms with Gasteiger partial charge in [-0.15, -0.1) is 0 Å². The van der Waals surface area contributed by atoms with Gasteiger partial charge in [-0.2, -0.15) is 4.31 Å². The number of anilines is 4. The molecule has 10 nitrogen and oxygen atoms in total. The lowest BCUT2D eigenvalue weighted by molar-refractivity contribution is 0.354. The predicted octanol–water partition coefficient (Wildman–Crippen LogP) is 3.50. The van der Waals surface area contributed by atoms with E-state index >= 15 is 0 Å². The molecule has 35 heavy (non-hydrogen) atoms. The highest BCUT2D eigenvalue weighted by atomic mass is 32.2. The van der Waals surface area contributed by atoms with E-state index in [0.29, 0.717) is 54.1 Å². The minimum atomic E-state index is -3.52. The Hall–Kier alpha value is -3.57. The first-order valence-corrected chi connectivity index (χ1v) is 12.7. The van der Waals surface area contributed by atoms with Crippen molar-refractivity contribution in [3.63, 3.8) is 0 Å². The van der Waals surface area contributed by atoms with Crippen molar-refractivity contribution in [2.45, 2.75) is 25.2 Å². The van der Waals surface area contributed by atoms with Crippen molar-refractivity contribution in [3.05, 3.63) is 54.4 Å². The number of nitrogens with two attached hydrogens (primary N) is 1. The molecule has 0 unspecified atom stereocenters. The summed E-state index contributed by atoms with van der Waals surface area (Å²) < 4.78 is 37.4. The van der Waals surface area contributed by atoms with Gasteiger partial charge in [0, 0.05) is 25.3 Å². The highest BCUT2D eigenvalue weighted by Gasteiger charge is 2.21. The first kappa shape index (κ1) is 26.0. The highest BCUT2D eigenvalue weighted by Crippen LogP contribution is 2.29. The lowest BCUT2D eigenvalue weighted by Gasteiger charge is -2.18. The Kier molecular flexibility index (Phi) is 8.72. The number of nitrogens with one attached hydrogen (secondary N) is 2. The summed E-state index contributed by atoms with van der Waals surface area (Å²) >= 11 is 0. The van der Waals surface area contributed by atoms with Crippen molar-refractivity contribution < 1.29 is 17.9 Å². The topological polar surface area (TPSA) is 132 Å². The smallest absolute Gasteiger partial charge is 0.243 e. The average molecular weight is 501 g/mol. The van der Waals surface area contributed by atoms with Gasteiger partial charge in [-0.3, -0.25) is 0 Å². The second kappa shape index (κ2) is 11.7. The molecule has 0 atom stereocenters. The predicted molar refractivity (Wildman–Crippen MR) is 138 cm³/mol. The van der Waals surface area contributed by atoms with E-state index in [1.54, 1.807) is 38.5 Å². The van der Waals surface area contributed by atoms with Crippen LogP contribution in [0.15, 0.2) is 53.7 Å². The monoisotopic (exact) mass is 500 g/mol. The molecule has 11 heteroatoms. The maximum absolute atomic E-state index is 12.7. The number of aromatic nitrogens is 2. The minimum Gasteiger partial charge on any atom is -0.493 e. The van der Waals surface area contributed by atoms with Gasteiger partial charge in [0.2, 0.25) is 10.0 Å². The molecule has 2 aromatic carbocycles. The van der Waals surface area contributed by atoms with Gasteiger partial charge in [0.1, 0.15) is 12.0 Å². The number of benzene rings is 2. The third-order valence-electron chi connectivity index (χ3n) is 5.50. The van der Waals surface area contributed by atoms with Gasteiger partial charge in [-0.1, -0.05) is 19.9 Å². The molecule has 0 aliphatic rings. The number of sulfonamides is 1. The summed E-state index contributed by atoms with van der Waals surface area (Å²) in [5.74, 6) is 2.28. The number of hydrogen-bond donors (Lipinski definition) is 3. The Morgan fingerprint density at radius 2 is 1.60 bits per heavy atom. The van der Waals surface area contributed by atoms with E-state index in [9.17, 15) is 8.42 Å². The molecule has 0 spiro atoms. The fourth-order valence-electron chi connectivity index (χ4n) is 3.56. The first-order valence-electron chi connectivity index (χ1n) is 11.3. The maximum atomic E-state index is 12.7. The van der Waals surface area contributed by atoms with Crippen LogP contribution in [0, 0.1) is 0 Å². The van der Waals surface area contributed by atoms with Crippen LogP contribution in [0.4, 0.5) is 23.0 Å². The molecule has 4 N–H and O–H groups in total. The van der Waals surface area contributed by atoms with Gasteiger partial charge >= 0.3 is 0 Å². The van der Waals surface area contributed by atoms with Crippen molar-refractivity contribution in [2.24, 2.45) is 0 Å². The number of nitrogens with zero attached hydrogens (tertiary/aromatic N) is 3. The Morgan fingerprint density at radius 1 is 0.943 bits per heavy atom. The summed E-state index contributed by atoms with van der Waals surface area (Å²) in [5.41, 5.74) is 8.37. The normalized spacial score (nSPS) is 11.3. The molecule has 0 saturated carbocycles. The summed E-state index contributed by atoms with van der Waals surface area (Å²) in [6.45, 7) is 5.05. The fraction of sp³-hybridized carbons (Fsp3) is 0.333. The summed E-state index contributed by atoms with van der Waals surface area (Å²) in [4.78, 5) is 8.70. The van der Waals surface area contributed by atoms with E-state index in [2.05, 4.69) is 20.6 Å². The molecular weight excluding hydrogens is 468 g/mol. The Balaban J connectivity index is 1.66. The van der Waals surface area contributed by atoms with Crippen LogP contribution in [0.1, 0.15) is 19.4 Å². The van der Waals surface area contributed by atoms with Crippen LogP contribution in [0.3, 0.4) is 0 Å². The second-order valence-electron chi connectivity index (χ2n) is 7.59. The lowest BCUT2D eigenvalue weighted by atomic mass is 10.1. The molecule has 0 bridgehead atoms. The minimum absolute atomic E-state index is 0.236. The summed E-state index contributed by atoms with van der Waals surface area (Å²) in [7, 11) is -0.310. The molecule has 0 aliphatic carbocycles. The number of nitrogen functional groups attached to an aromatic ring is 1. The van der Waals surface area contributed by atoms with Crippen molar-refractivity contribution in [1.29, 1.82) is 0 Å². The van der Waals surface area contributed by atoms with E-state index in [1.165, 1.54) is 10.6 Å². The maximum Gasteiger partial charge on any atom is 0.243 e. The number of rotatable bonds is 12. The van der Waals surface area contributed by atoms with Crippen LogP contribution < -0.4 is 25.8 Å². The second-order valence-corrected chi connectivity index (χ2v) is 9.53. The van der Waals surface area contributed by atoms with Gasteiger partial charge < -0.3 is 25.8 Å². The quantitative estimate of drug-likeness (QED) is 0.342. The average Bonchev–Trinajstić information content (AvgIpc) is 2.87. The van der Waals surface area contributed by atoms with E-state index in [1.807, 2.05) is 32.0 Å². The van der Waals surface area contributed by atoms with E-state index in [0.717, 1.165) is 12.0 Å². The molecule has 0 radical (unpaired) electrons. The standard InChI is InChI=1S/C24H32N6O4S/c1-5-30(6-2)35(31,32)19-10-8-18(9-11-19)29-24-22(25)23(27-16-28-24)26-14-13-17-7-12-20(33-3)21(15-17)34-4/h7-12,15-16H,5-6,13-14,25H2,1-4H3,(H2,26,27,28,29). The van der Waals surface area contributed by atoms with Crippen molar-refractivity contribution >= 4 is 33.0 Å². The van der Waals surface area contributed by atoms with Gasteiger partial charge in [0.25, 0.3) is 0 Å². The zero-order chi connectivity index (χ0) is 25.4. The lowest BCUT2D eigenvalue weighted by Crippen LogP contribution is -2.30. The molecule has 0 aliphatic heterocycles. The highest BCUT2D eigenvalue weighted by molar-refractivity contribution is 7.89. The zero-order valence-corrected chi connectivity index (χ0v) is 21.2. The molecular formula is C24H32N6O4S. The van der Waals surface area contributed by atoms with Crippen LogP contribution in [0.5, 0.6) is 11.5 Å². The van der Waals surface area contributed by atoms with Gasteiger partial charge in [0.15, 0.2) is 23.1 Å². The number of ether oxygens (including phenoxy) is 2. The molecule has 0 fully saturated rings. The van der Waals surface area contributed by atoms with E-state index in [4.69, 9.17) is 15.2 Å². The Bertz CT molecular complexity index is 1230. The molecule has 188 valence electrons. The van der Waals surface area contributed by atoms with Crippen LogP contribution in [-0.2, 0) is 16.4 Å². The summed E-state index contributed by atoms with van der Waals surface area (Å²) in [6.07, 6.45) is 2.13. The van der Waals surface area contributed by atoms with Crippen LogP contribution >= 0.6 is 0 Å². The first-order chi connectivity index (χ1) is 16.8.